The maximum atomic E-state index is 11.9. The minimum atomic E-state index is 0.0236. The number of carbonyl (C=O) groups excluding carboxylic acids is 1. The van der Waals surface area contributed by atoms with E-state index in [2.05, 4.69) is 21.7 Å². The summed E-state index contributed by atoms with van der Waals surface area (Å²) in [5, 5.41) is 7.40. The van der Waals surface area contributed by atoms with Gasteiger partial charge in [0.25, 0.3) is 0 Å². The van der Waals surface area contributed by atoms with Crippen molar-refractivity contribution in [1.82, 2.24) is 10.3 Å². The molecule has 1 aromatic heterocycles. The lowest BCUT2D eigenvalue weighted by atomic mass is 10.1. The number of carbonyl (C=O) groups is 1. The van der Waals surface area contributed by atoms with Crippen LogP contribution in [0.3, 0.4) is 0 Å². The Bertz CT molecular complexity index is 827. The van der Waals surface area contributed by atoms with Crippen LogP contribution < -0.4 is 15.4 Å². The summed E-state index contributed by atoms with van der Waals surface area (Å²) in [5.41, 5.74) is 3.19. The summed E-state index contributed by atoms with van der Waals surface area (Å²) >= 11 is 0. The molecule has 2 aromatic carbocycles. The third-order valence-electron chi connectivity index (χ3n) is 4.13. The smallest absolute Gasteiger partial charge is 0.225 e. The van der Waals surface area contributed by atoms with Crippen molar-refractivity contribution in [2.45, 2.75) is 12.8 Å². The molecule has 0 aliphatic carbocycles. The van der Waals surface area contributed by atoms with Gasteiger partial charge in [0.15, 0.2) is 0 Å². The Kier molecular flexibility index (Phi) is 5.69. The Labute approximate surface area is 147 Å². The first-order valence-corrected chi connectivity index (χ1v) is 8.46. The van der Waals surface area contributed by atoms with Crippen LogP contribution >= 0.6 is 0 Å². The number of aromatic amines is 1. The molecule has 0 atom stereocenters. The number of H-pyrrole nitrogens is 1. The van der Waals surface area contributed by atoms with E-state index in [1.165, 1.54) is 10.9 Å². The zero-order valence-electron chi connectivity index (χ0n) is 14.3. The topological polar surface area (TPSA) is 66.1 Å². The number of anilines is 1. The zero-order chi connectivity index (χ0) is 17.5. The van der Waals surface area contributed by atoms with Crippen LogP contribution in [-0.4, -0.2) is 31.1 Å². The van der Waals surface area contributed by atoms with Gasteiger partial charge in [-0.15, -0.1) is 0 Å². The van der Waals surface area contributed by atoms with E-state index < -0.39 is 0 Å². The van der Waals surface area contributed by atoms with Crippen LogP contribution in [0.1, 0.15) is 12.0 Å². The van der Waals surface area contributed by atoms with Crippen molar-refractivity contribution < 1.29 is 9.53 Å². The maximum absolute atomic E-state index is 11.9. The summed E-state index contributed by atoms with van der Waals surface area (Å²) in [7, 11) is 1.68. The van der Waals surface area contributed by atoms with E-state index in [0.29, 0.717) is 13.0 Å². The first kappa shape index (κ1) is 17.0. The van der Waals surface area contributed by atoms with E-state index in [1.54, 1.807) is 7.11 Å². The fourth-order valence-electron chi connectivity index (χ4n) is 2.79. The van der Waals surface area contributed by atoms with Gasteiger partial charge in [0.2, 0.25) is 5.91 Å². The molecule has 0 aliphatic heterocycles. The van der Waals surface area contributed by atoms with Crippen LogP contribution in [0.2, 0.25) is 0 Å². The predicted octanol–water partition coefficient (Wildman–Crippen LogP) is 3.34. The van der Waals surface area contributed by atoms with E-state index in [4.69, 9.17) is 4.74 Å². The predicted molar refractivity (Wildman–Crippen MR) is 101 cm³/mol. The van der Waals surface area contributed by atoms with Crippen LogP contribution in [0, 0.1) is 0 Å². The molecule has 0 saturated heterocycles. The number of nitrogens with one attached hydrogen (secondary N) is 3. The van der Waals surface area contributed by atoms with Gasteiger partial charge in [0, 0.05) is 35.8 Å². The van der Waals surface area contributed by atoms with Crippen LogP contribution in [-0.2, 0) is 11.2 Å². The number of fused-ring (bicyclic) bond motifs is 1. The fourth-order valence-corrected chi connectivity index (χ4v) is 2.79. The van der Waals surface area contributed by atoms with Crippen LogP contribution in [0.4, 0.5) is 5.69 Å². The highest BCUT2D eigenvalue weighted by molar-refractivity contribution is 5.90. The van der Waals surface area contributed by atoms with Gasteiger partial charge in [0.1, 0.15) is 5.75 Å². The van der Waals surface area contributed by atoms with E-state index >= 15 is 0 Å². The minimum Gasteiger partial charge on any atom is -0.497 e. The lowest BCUT2D eigenvalue weighted by molar-refractivity contribution is -0.116. The Balaban J connectivity index is 1.42. The highest BCUT2D eigenvalue weighted by atomic mass is 16.5. The maximum Gasteiger partial charge on any atom is 0.225 e. The number of hydrogen-bond acceptors (Lipinski definition) is 3. The summed E-state index contributed by atoms with van der Waals surface area (Å²) in [5.74, 6) is 0.884. The van der Waals surface area contributed by atoms with Gasteiger partial charge in [-0.3, -0.25) is 4.79 Å². The molecule has 0 radical (unpaired) electrons. The third kappa shape index (κ3) is 4.61. The van der Waals surface area contributed by atoms with Gasteiger partial charge < -0.3 is 20.4 Å². The number of aromatic nitrogens is 1. The highest BCUT2D eigenvalue weighted by Gasteiger charge is 2.05. The molecule has 0 unspecified atom stereocenters. The van der Waals surface area contributed by atoms with Crippen molar-refractivity contribution in [1.29, 1.82) is 0 Å². The third-order valence-corrected chi connectivity index (χ3v) is 4.13. The summed E-state index contributed by atoms with van der Waals surface area (Å²) in [6.45, 7) is 1.48. The molecular formula is C20H23N3O2. The number of methoxy groups -OCH3 is 1. The molecule has 5 nitrogen and oxygen atoms in total. The summed E-state index contributed by atoms with van der Waals surface area (Å²) in [6, 6.07) is 15.5. The highest BCUT2D eigenvalue weighted by Crippen LogP contribution is 2.23. The molecule has 25 heavy (non-hydrogen) atoms. The molecule has 3 N–H and O–H groups in total. The quantitative estimate of drug-likeness (QED) is 0.552. The van der Waals surface area contributed by atoms with Crippen molar-refractivity contribution in [2.75, 3.05) is 25.5 Å². The molecule has 3 aromatic rings. The van der Waals surface area contributed by atoms with Crippen molar-refractivity contribution >= 4 is 22.5 Å². The molecule has 5 heteroatoms. The first-order chi connectivity index (χ1) is 12.3. The molecule has 1 heterocycles. The average molecular weight is 337 g/mol. The second-order valence-electron chi connectivity index (χ2n) is 5.89. The van der Waals surface area contributed by atoms with E-state index in [1.807, 2.05) is 48.7 Å². The molecule has 130 valence electrons. The van der Waals surface area contributed by atoms with E-state index in [0.717, 1.165) is 29.9 Å². The molecular weight excluding hydrogens is 314 g/mol. The number of amides is 1. The fraction of sp³-hybridized carbons (Fsp3) is 0.250. The summed E-state index contributed by atoms with van der Waals surface area (Å²) in [6.07, 6.45) is 3.39. The monoisotopic (exact) mass is 337 g/mol. The Morgan fingerprint density at radius 1 is 1.12 bits per heavy atom. The molecule has 0 fully saturated rings. The number of ether oxygens (including phenoxy) is 1. The normalized spacial score (nSPS) is 10.8. The van der Waals surface area contributed by atoms with Crippen LogP contribution in [0.5, 0.6) is 5.75 Å². The van der Waals surface area contributed by atoms with Gasteiger partial charge in [-0.25, -0.2) is 0 Å². The van der Waals surface area contributed by atoms with Crippen LogP contribution in [0.25, 0.3) is 10.9 Å². The molecule has 3 rings (SSSR count). The second-order valence-corrected chi connectivity index (χ2v) is 5.89. The van der Waals surface area contributed by atoms with Crippen LogP contribution in [0.15, 0.2) is 54.7 Å². The van der Waals surface area contributed by atoms with Gasteiger partial charge in [-0.1, -0.05) is 18.2 Å². The molecule has 0 spiro atoms. The second kappa shape index (κ2) is 8.35. The van der Waals surface area contributed by atoms with Gasteiger partial charge >= 0.3 is 0 Å². The largest absolute Gasteiger partial charge is 0.497 e. The number of benzene rings is 2. The number of hydrogen-bond donors (Lipinski definition) is 3. The lowest BCUT2D eigenvalue weighted by Crippen LogP contribution is -2.23. The average Bonchev–Trinajstić information content (AvgIpc) is 3.04. The Hall–Kier alpha value is -2.79. The molecule has 0 saturated carbocycles. The lowest BCUT2D eigenvalue weighted by Gasteiger charge is -2.06. The molecule has 0 bridgehead atoms. The van der Waals surface area contributed by atoms with Crippen molar-refractivity contribution in [3.05, 3.63) is 60.3 Å². The van der Waals surface area contributed by atoms with Crippen molar-refractivity contribution in [3.63, 3.8) is 0 Å². The van der Waals surface area contributed by atoms with Gasteiger partial charge in [0.05, 0.1) is 7.11 Å². The Morgan fingerprint density at radius 3 is 2.76 bits per heavy atom. The molecule has 1 amide bonds. The van der Waals surface area contributed by atoms with Gasteiger partial charge in [-0.2, -0.15) is 0 Å². The van der Waals surface area contributed by atoms with E-state index in [-0.39, 0.29) is 5.91 Å². The number of para-hydroxylation sites is 1. The zero-order valence-corrected chi connectivity index (χ0v) is 14.3. The van der Waals surface area contributed by atoms with Crippen molar-refractivity contribution in [2.24, 2.45) is 0 Å². The summed E-state index contributed by atoms with van der Waals surface area (Å²) < 4.78 is 5.29. The van der Waals surface area contributed by atoms with Gasteiger partial charge in [-0.05, 0) is 48.9 Å². The standard InChI is InChI=1S/C20H23N3O2/c1-25-17-7-8-19-18(13-17)15(14-22-19)9-11-21-12-10-20(24)23-16-5-3-2-4-6-16/h2-8,13-14,21-22H,9-12H2,1H3,(H,23,24). The van der Waals surface area contributed by atoms with Crippen molar-refractivity contribution in [3.8, 4) is 5.75 Å². The first-order valence-electron chi connectivity index (χ1n) is 8.46. The van der Waals surface area contributed by atoms with E-state index in [9.17, 15) is 4.79 Å². The summed E-state index contributed by atoms with van der Waals surface area (Å²) in [4.78, 5) is 15.2. The minimum absolute atomic E-state index is 0.0236. The SMILES string of the molecule is COc1ccc2[nH]cc(CCNCCC(=O)Nc3ccccc3)c2c1. The molecule has 0 aliphatic rings. The Morgan fingerprint density at radius 2 is 1.96 bits per heavy atom. The number of rotatable bonds is 8.